The maximum absolute atomic E-state index is 6.01. The van der Waals surface area contributed by atoms with Crippen molar-refractivity contribution in [1.82, 2.24) is 19.3 Å². The number of nitrogen functional groups attached to an aromatic ring is 1. The van der Waals surface area contributed by atoms with Crippen molar-refractivity contribution < 1.29 is 0 Å². The Kier molecular flexibility index (Phi) is 2.48. The van der Waals surface area contributed by atoms with Gasteiger partial charge in [0.1, 0.15) is 0 Å². The second-order valence-corrected chi connectivity index (χ2v) is 4.57. The molecule has 0 saturated heterocycles. The first-order valence-electron chi connectivity index (χ1n) is 5.53. The highest BCUT2D eigenvalue weighted by Crippen LogP contribution is 2.22. The number of nitrogens with two attached hydrogens (primary N) is 1. The molecule has 92 valence electrons. The van der Waals surface area contributed by atoms with Crippen molar-refractivity contribution in [3.8, 4) is 0 Å². The topological polar surface area (TPSA) is 61.7 Å². The summed E-state index contributed by atoms with van der Waals surface area (Å²) in [5.41, 5.74) is 8.78. The van der Waals surface area contributed by atoms with Crippen LogP contribution in [0.5, 0.6) is 0 Å². The van der Waals surface area contributed by atoms with E-state index in [1.54, 1.807) is 6.20 Å². The number of aromatic nitrogens is 4. The molecule has 0 aliphatic rings. The molecule has 3 rings (SSSR count). The van der Waals surface area contributed by atoms with Crippen LogP contribution in [0, 0.1) is 0 Å². The first-order chi connectivity index (χ1) is 8.65. The van der Waals surface area contributed by atoms with Gasteiger partial charge in [0.2, 0.25) is 5.95 Å². The normalized spacial score (nSPS) is 11.2. The number of hydrogen-bond donors (Lipinski definition) is 1. The van der Waals surface area contributed by atoms with Crippen LogP contribution in [0.3, 0.4) is 0 Å². The summed E-state index contributed by atoms with van der Waals surface area (Å²) in [6.07, 6.45) is 1.76. The number of imidazole rings is 1. The summed E-state index contributed by atoms with van der Waals surface area (Å²) in [4.78, 5) is 4.32. The van der Waals surface area contributed by atoms with Gasteiger partial charge in [-0.3, -0.25) is 4.68 Å². The molecule has 5 nitrogen and oxygen atoms in total. The first-order valence-corrected chi connectivity index (χ1v) is 5.91. The van der Waals surface area contributed by atoms with Crippen LogP contribution in [-0.4, -0.2) is 19.3 Å². The zero-order chi connectivity index (χ0) is 12.7. The van der Waals surface area contributed by atoms with Gasteiger partial charge >= 0.3 is 0 Å². The third kappa shape index (κ3) is 1.73. The number of fused-ring (bicyclic) bond motifs is 1. The minimum absolute atomic E-state index is 0.480. The molecule has 2 N–H and O–H groups in total. The number of anilines is 1. The Morgan fingerprint density at radius 2 is 2.17 bits per heavy atom. The summed E-state index contributed by atoms with van der Waals surface area (Å²) >= 11 is 6.01. The molecule has 0 atom stereocenters. The molecule has 0 bridgehead atoms. The van der Waals surface area contributed by atoms with E-state index in [4.69, 9.17) is 17.3 Å². The minimum Gasteiger partial charge on any atom is -0.369 e. The zero-order valence-electron chi connectivity index (χ0n) is 9.84. The predicted molar refractivity (Wildman–Crippen MR) is 71.5 cm³/mol. The van der Waals surface area contributed by atoms with Crippen LogP contribution in [0.15, 0.2) is 30.5 Å². The van der Waals surface area contributed by atoms with Crippen LogP contribution < -0.4 is 5.73 Å². The van der Waals surface area contributed by atoms with E-state index in [-0.39, 0.29) is 0 Å². The average molecular weight is 262 g/mol. The smallest absolute Gasteiger partial charge is 0.201 e. The van der Waals surface area contributed by atoms with Crippen LogP contribution in [0.1, 0.15) is 5.69 Å². The van der Waals surface area contributed by atoms with Crippen molar-refractivity contribution in [2.24, 2.45) is 7.05 Å². The molecule has 6 heteroatoms. The molecule has 0 saturated carbocycles. The van der Waals surface area contributed by atoms with Crippen molar-refractivity contribution in [2.75, 3.05) is 5.73 Å². The van der Waals surface area contributed by atoms with Gasteiger partial charge in [-0.15, -0.1) is 0 Å². The summed E-state index contributed by atoms with van der Waals surface area (Å²) in [6, 6.07) is 7.50. The highest BCUT2D eigenvalue weighted by molar-refractivity contribution is 6.31. The molecule has 2 aromatic heterocycles. The van der Waals surface area contributed by atoms with Crippen molar-refractivity contribution >= 4 is 28.6 Å². The van der Waals surface area contributed by atoms with Crippen molar-refractivity contribution in [3.63, 3.8) is 0 Å². The number of nitrogens with zero attached hydrogens (tertiary/aromatic N) is 4. The van der Waals surface area contributed by atoms with Gasteiger partial charge < -0.3 is 10.3 Å². The lowest BCUT2D eigenvalue weighted by molar-refractivity contribution is 0.678. The Labute approximate surface area is 109 Å². The Bertz CT molecular complexity index is 712. The van der Waals surface area contributed by atoms with Crippen molar-refractivity contribution in [1.29, 1.82) is 0 Å². The minimum atomic E-state index is 0.480. The monoisotopic (exact) mass is 261 g/mol. The van der Waals surface area contributed by atoms with E-state index >= 15 is 0 Å². The van der Waals surface area contributed by atoms with Crippen molar-refractivity contribution in [3.05, 3.63) is 41.2 Å². The molecule has 0 fully saturated rings. The number of hydrogen-bond acceptors (Lipinski definition) is 3. The van der Waals surface area contributed by atoms with E-state index in [1.807, 2.05) is 40.6 Å². The van der Waals surface area contributed by atoms with Crippen LogP contribution >= 0.6 is 11.6 Å². The van der Waals surface area contributed by atoms with Gasteiger partial charge in [-0.1, -0.05) is 11.6 Å². The highest BCUT2D eigenvalue weighted by Gasteiger charge is 2.10. The summed E-state index contributed by atoms with van der Waals surface area (Å²) in [5.74, 6) is 0.480. The van der Waals surface area contributed by atoms with Gasteiger partial charge in [-0.25, -0.2) is 4.98 Å². The standard InChI is InChI=1S/C12H12ClN5/c1-17-9(4-5-15-17)7-18-11-6-8(13)2-3-10(11)16-12(18)14/h2-6H,7H2,1H3,(H2,14,16). The molecule has 1 aromatic carbocycles. The van der Waals surface area contributed by atoms with E-state index in [0.717, 1.165) is 16.7 Å². The lowest BCUT2D eigenvalue weighted by atomic mass is 10.3. The van der Waals surface area contributed by atoms with Gasteiger partial charge in [0.05, 0.1) is 23.3 Å². The third-order valence-electron chi connectivity index (χ3n) is 2.98. The second kappa shape index (κ2) is 4.03. The summed E-state index contributed by atoms with van der Waals surface area (Å²) in [7, 11) is 1.90. The molecule has 0 radical (unpaired) electrons. The highest BCUT2D eigenvalue weighted by atomic mass is 35.5. The molecule has 0 spiro atoms. The molecular formula is C12H12ClN5. The third-order valence-corrected chi connectivity index (χ3v) is 3.22. The average Bonchev–Trinajstić information content (AvgIpc) is 2.86. The van der Waals surface area contributed by atoms with E-state index in [0.29, 0.717) is 17.5 Å². The van der Waals surface area contributed by atoms with Crippen LogP contribution in [0.4, 0.5) is 5.95 Å². The Balaban J connectivity index is 2.13. The lowest BCUT2D eigenvalue weighted by Gasteiger charge is -2.06. The number of aryl methyl sites for hydroxylation is 1. The van der Waals surface area contributed by atoms with E-state index in [2.05, 4.69) is 10.1 Å². The number of rotatable bonds is 2. The van der Waals surface area contributed by atoms with Gasteiger partial charge in [0.15, 0.2) is 0 Å². The largest absolute Gasteiger partial charge is 0.369 e. The van der Waals surface area contributed by atoms with Gasteiger partial charge in [0, 0.05) is 18.3 Å². The maximum Gasteiger partial charge on any atom is 0.201 e. The van der Waals surface area contributed by atoms with E-state index < -0.39 is 0 Å². The molecule has 0 unspecified atom stereocenters. The summed E-state index contributed by atoms with van der Waals surface area (Å²) in [6.45, 7) is 0.624. The fourth-order valence-electron chi connectivity index (χ4n) is 2.00. The molecule has 18 heavy (non-hydrogen) atoms. The Morgan fingerprint density at radius 3 is 2.89 bits per heavy atom. The van der Waals surface area contributed by atoms with Crippen LogP contribution in [-0.2, 0) is 13.6 Å². The quantitative estimate of drug-likeness (QED) is 0.768. The van der Waals surface area contributed by atoms with Gasteiger partial charge in [0.25, 0.3) is 0 Å². The molecule has 3 aromatic rings. The number of halogens is 1. The molecule has 0 aliphatic carbocycles. The lowest BCUT2D eigenvalue weighted by Crippen LogP contribution is -2.08. The van der Waals surface area contributed by atoms with Crippen LogP contribution in [0.2, 0.25) is 5.02 Å². The fraction of sp³-hybridized carbons (Fsp3) is 0.167. The molecule has 0 amide bonds. The first kappa shape index (κ1) is 11.1. The second-order valence-electron chi connectivity index (χ2n) is 4.14. The predicted octanol–water partition coefficient (Wildman–Crippen LogP) is 2.05. The Hall–Kier alpha value is -2.01. The molecular weight excluding hydrogens is 250 g/mol. The number of benzene rings is 1. The fourth-order valence-corrected chi connectivity index (χ4v) is 2.17. The van der Waals surface area contributed by atoms with Crippen LogP contribution in [0.25, 0.3) is 11.0 Å². The van der Waals surface area contributed by atoms with Gasteiger partial charge in [-0.2, -0.15) is 5.10 Å². The van der Waals surface area contributed by atoms with Crippen molar-refractivity contribution in [2.45, 2.75) is 6.54 Å². The summed E-state index contributed by atoms with van der Waals surface area (Å²) < 4.78 is 3.74. The summed E-state index contributed by atoms with van der Waals surface area (Å²) in [5, 5.41) is 4.82. The molecule has 2 heterocycles. The van der Waals surface area contributed by atoms with Gasteiger partial charge in [-0.05, 0) is 24.3 Å². The Morgan fingerprint density at radius 1 is 1.33 bits per heavy atom. The SMILES string of the molecule is Cn1nccc1Cn1c(N)nc2ccc(Cl)cc21. The van der Waals surface area contributed by atoms with E-state index in [1.165, 1.54) is 0 Å². The van der Waals surface area contributed by atoms with E-state index in [9.17, 15) is 0 Å². The maximum atomic E-state index is 6.01. The molecule has 0 aliphatic heterocycles. The zero-order valence-corrected chi connectivity index (χ0v) is 10.6.